The zero-order valence-electron chi connectivity index (χ0n) is 37.2. The van der Waals surface area contributed by atoms with Crippen molar-refractivity contribution in [2.75, 3.05) is 9.80 Å². The van der Waals surface area contributed by atoms with Gasteiger partial charge in [-0.05, 0) is 166 Å². The number of aromatic nitrogens is 1. The molecule has 0 bridgehead atoms. The largest absolute Gasteiger partial charge is 0.310 e. The van der Waals surface area contributed by atoms with E-state index >= 15 is 0 Å². The molecule has 12 rings (SSSR count). The van der Waals surface area contributed by atoms with Gasteiger partial charge < -0.3 is 14.4 Å². The van der Waals surface area contributed by atoms with E-state index in [0.29, 0.717) is 0 Å². The molecule has 0 radical (unpaired) electrons. The Morgan fingerprint density at radius 3 is 1.53 bits per heavy atom. The van der Waals surface area contributed by atoms with E-state index in [1.54, 1.807) is 0 Å². The summed E-state index contributed by atoms with van der Waals surface area (Å²) in [6.45, 7) is 11.8. The van der Waals surface area contributed by atoms with Crippen LogP contribution in [0.2, 0.25) is 0 Å². The van der Waals surface area contributed by atoms with Crippen molar-refractivity contribution < 1.29 is 0 Å². The SMILES string of the molecule is Cc1ccccc1N(c1ccccc1)c1ccc2c(c1)C(C)(C)c1cc(N(c3ccccc3)c3ccc4c(c3)C(C)(C)c3cc(-n5c6c(c7ccccc75)CCC=C6)ccc3-4)ccc1-2. The Morgan fingerprint density at radius 2 is 0.938 bits per heavy atom. The molecule has 0 amide bonds. The summed E-state index contributed by atoms with van der Waals surface area (Å²) in [5.41, 5.74) is 23.7. The molecule has 0 atom stereocenters. The van der Waals surface area contributed by atoms with Crippen LogP contribution in [-0.4, -0.2) is 4.57 Å². The van der Waals surface area contributed by atoms with Gasteiger partial charge in [0.2, 0.25) is 0 Å². The molecule has 1 heterocycles. The van der Waals surface area contributed by atoms with E-state index in [2.05, 4.69) is 243 Å². The van der Waals surface area contributed by atoms with Crippen LogP contribution in [0, 0.1) is 6.92 Å². The summed E-state index contributed by atoms with van der Waals surface area (Å²) in [7, 11) is 0. The molecular formula is C61H51N3. The smallest absolute Gasteiger partial charge is 0.0537 e. The van der Waals surface area contributed by atoms with Crippen LogP contribution in [0.25, 0.3) is 44.9 Å². The monoisotopic (exact) mass is 825 g/mol. The zero-order valence-corrected chi connectivity index (χ0v) is 37.2. The first-order valence-corrected chi connectivity index (χ1v) is 22.8. The molecule has 0 fully saturated rings. The molecule has 3 aliphatic carbocycles. The third kappa shape index (κ3) is 5.73. The number of hydrogen-bond donors (Lipinski definition) is 0. The molecule has 3 aliphatic rings. The Kier molecular flexibility index (Phi) is 8.59. The Labute approximate surface area is 377 Å². The fourth-order valence-corrected chi connectivity index (χ4v) is 11.3. The van der Waals surface area contributed by atoms with Crippen LogP contribution < -0.4 is 9.80 Å². The number of benzene rings is 8. The molecule has 0 unspecified atom stereocenters. The third-order valence-corrected chi connectivity index (χ3v) is 14.6. The van der Waals surface area contributed by atoms with Crippen molar-refractivity contribution in [3.8, 4) is 27.9 Å². The van der Waals surface area contributed by atoms with Gasteiger partial charge in [-0.15, -0.1) is 0 Å². The zero-order chi connectivity index (χ0) is 43.3. The van der Waals surface area contributed by atoms with Crippen molar-refractivity contribution in [2.45, 2.75) is 58.3 Å². The highest BCUT2D eigenvalue weighted by Gasteiger charge is 2.39. The minimum absolute atomic E-state index is 0.205. The van der Waals surface area contributed by atoms with Crippen LogP contribution in [0.15, 0.2) is 188 Å². The Bertz CT molecular complexity index is 3350. The lowest BCUT2D eigenvalue weighted by atomic mass is 9.81. The number of hydrogen-bond acceptors (Lipinski definition) is 2. The third-order valence-electron chi connectivity index (χ3n) is 14.6. The van der Waals surface area contributed by atoms with E-state index in [4.69, 9.17) is 0 Å². The van der Waals surface area contributed by atoms with Crippen LogP contribution in [0.4, 0.5) is 34.1 Å². The van der Waals surface area contributed by atoms with E-state index in [1.165, 1.54) is 83.6 Å². The van der Waals surface area contributed by atoms with E-state index < -0.39 is 0 Å². The topological polar surface area (TPSA) is 11.4 Å². The van der Waals surface area contributed by atoms with Gasteiger partial charge >= 0.3 is 0 Å². The van der Waals surface area contributed by atoms with Gasteiger partial charge in [0.1, 0.15) is 0 Å². The summed E-state index contributed by atoms with van der Waals surface area (Å²) in [5.74, 6) is 0. The summed E-state index contributed by atoms with van der Waals surface area (Å²) in [5, 5.41) is 1.37. The summed E-state index contributed by atoms with van der Waals surface area (Å²) in [6.07, 6.45) is 6.84. The first-order valence-electron chi connectivity index (χ1n) is 22.8. The number of anilines is 6. The number of nitrogens with zero attached hydrogens (tertiary/aromatic N) is 3. The molecule has 1 aromatic heterocycles. The van der Waals surface area contributed by atoms with Crippen LogP contribution in [0.3, 0.4) is 0 Å². The highest BCUT2D eigenvalue weighted by molar-refractivity contribution is 5.93. The van der Waals surface area contributed by atoms with Gasteiger partial charge in [-0.3, -0.25) is 0 Å². The predicted molar refractivity (Wildman–Crippen MR) is 270 cm³/mol. The van der Waals surface area contributed by atoms with Gasteiger partial charge in [-0.2, -0.15) is 0 Å². The van der Waals surface area contributed by atoms with Gasteiger partial charge in [0.15, 0.2) is 0 Å². The van der Waals surface area contributed by atoms with Gasteiger partial charge in [-0.25, -0.2) is 0 Å². The van der Waals surface area contributed by atoms with Crippen molar-refractivity contribution in [1.82, 2.24) is 4.57 Å². The maximum absolute atomic E-state index is 2.49. The average molecular weight is 826 g/mol. The van der Waals surface area contributed by atoms with Gasteiger partial charge in [0, 0.05) is 61.7 Å². The lowest BCUT2D eigenvalue weighted by Gasteiger charge is -2.30. The van der Waals surface area contributed by atoms with Crippen molar-refractivity contribution in [2.24, 2.45) is 0 Å². The number of fused-ring (bicyclic) bond motifs is 9. The molecule has 8 aromatic carbocycles. The standard InChI is InChI=1S/C61H51N3/c1-40-18-12-15-25-57(40)63(42-21-10-7-11-22-42)45-30-34-49-47-32-28-43(36-53(47)60(2,3)55(49)38-45)62(41-19-8-6-9-20-41)44-29-33-48-50-35-31-46(39-56(50)61(4,5)54(48)37-44)64-58-26-16-13-23-51(58)52-24-14-17-27-59(52)64/h6-13,15-23,25-39H,14,24H2,1-5H3. The highest BCUT2D eigenvalue weighted by atomic mass is 15.1. The Hall–Kier alpha value is -7.36. The molecule has 0 saturated heterocycles. The number of allylic oxidation sites excluding steroid dienone is 1. The van der Waals surface area contributed by atoms with Crippen LogP contribution in [-0.2, 0) is 17.3 Å². The quantitative estimate of drug-likeness (QED) is 0.159. The normalized spacial score (nSPS) is 14.7. The molecule has 0 spiro atoms. The molecule has 0 aliphatic heterocycles. The molecule has 9 aromatic rings. The fraction of sp³-hybridized carbons (Fsp3) is 0.148. The first kappa shape index (κ1) is 38.3. The van der Waals surface area contributed by atoms with E-state index in [9.17, 15) is 0 Å². The molecular weight excluding hydrogens is 775 g/mol. The lowest BCUT2D eigenvalue weighted by Crippen LogP contribution is -2.18. The van der Waals surface area contributed by atoms with Crippen molar-refractivity contribution in [1.29, 1.82) is 0 Å². The van der Waals surface area contributed by atoms with E-state index in [0.717, 1.165) is 41.3 Å². The summed E-state index contributed by atoms with van der Waals surface area (Å²) in [4.78, 5) is 4.86. The molecule has 3 nitrogen and oxygen atoms in total. The Balaban J connectivity index is 0.937. The first-order chi connectivity index (χ1) is 31.2. The summed E-state index contributed by atoms with van der Waals surface area (Å²) < 4.78 is 2.49. The van der Waals surface area contributed by atoms with Gasteiger partial charge in [0.25, 0.3) is 0 Å². The highest BCUT2D eigenvalue weighted by Crippen LogP contribution is 2.54. The van der Waals surface area contributed by atoms with Crippen LogP contribution in [0.5, 0.6) is 0 Å². The summed E-state index contributed by atoms with van der Waals surface area (Å²) >= 11 is 0. The van der Waals surface area contributed by atoms with Gasteiger partial charge in [0.05, 0.1) is 5.52 Å². The molecule has 0 saturated carbocycles. The predicted octanol–water partition coefficient (Wildman–Crippen LogP) is 16.5. The van der Waals surface area contributed by atoms with Crippen molar-refractivity contribution in [3.63, 3.8) is 0 Å². The minimum atomic E-state index is -0.230. The van der Waals surface area contributed by atoms with Crippen molar-refractivity contribution >= 4 is 51.1 Å². The van der Waals surface area contributed by atoms with Crippen LogP contribution >= 0.6 is 0 Å². The molecule has 64 heavy (non-hydrogen) atoms. The molecule has 0 N–H and O–H groups in total. The maximum Gasteiger partial charge on any atom is 0.0537 e. The molecule has 3 heteroatoms. The van der Waals surface area contributed by atoms with Crippen molar-refractivity contribution in [3.05, 3.63) is 227 Å². The fourth-order valence-electron chi connectivity index (χ4n) is 11.3. The van der Waals surface area contributed by atoms with E-state index in [1.807, 2.05) is 0 Å². The van der Waals surface area contributed by atoms with Gasteiger partial charge in [-0.1, -0.05) is 131 Å². The van der Waals surface area contributed by atoms with E-state index in [-0.39, 0.29) is 10.8 Å². The minimum Gasteiger partial charge on any atom is -0.310 e. The average Bonchev–Trinajstić information content (AvgIpc) is 3.87. The second kappa shape index (κ2) is 14.3. The summed E-state index contributed by atoms with van der Waals surface area (Å²) in [6, 6.07) is 67.8. The number of rotatable bonds is 7. The lowest BCUT2D eigenvalue weighted by molar-refractivity contribution is 0.659. The van der Waals surface area contributed by atoms with Crippen LogP contribution in [0.1, 0.15) is 73.2 Å². The number of para-hydroxylation sites is 4. The Morgan fingerprint density at radius 1 is 0.453 bits per heavy atom. The second-order valence-electron chi connectivity index (χ2n) is 19.0. The molecule has 310 valence electrons. The number of aryl methyl sites for hydroxylation is 2. The second-order valence-corrected chi connectivity index (χ2v) is 19.0. The maximum atomic E-state index is 2.49.